The molecule has 26 heavy (non-hydrogen) atoms. The number of nitrogens with two attached hydrogens (primary N) is 2. The Morgan fingerprint density at radius 3 is 2.69 bits per heavy atom. The van der Waals surface area contributed by atoms with Gasteiger partial charge in [-0.15, -0.1) is 0 Å². The van der Waals surface area contributed by atoms with Crippen molar-refractivity contribution in [2.75, 3.05) is 17.2 Å². The highest BCUT2D eigenvalue weighted by atomic mass is 16.1. The molecule has 1 aromatic carbocycles. The minimum atomic E-state index is -0.548. The molecule has 1 fully saturated rings. The van der Waals surface area contributed by atoms with Crippen LogP contribution in [0.3, 0.4) is 0 Å². The van der Waals surface area contributed by atoms with E-state index in [4.69, 9.17) is 11.5 Å². The third-order valence-corrected chi connectivity index (χ3v) is 4.74. The number of primary amides is 1. The van der Waals surface area contributed by atoms with Crippen molar-refractivity contribution in [2.24, 2.45) is 11.5 Å². The predicted molar refractivity (Wildman–Crippen MR) is 103 cm³/mol. The maximum absolute atomic E-state index is 11.7. The maximum Gasteiger partial charge on any atom is 0.254 e. The first-order valence-electron chi connectivity index (χ1n) is 9.10. The van der Waals surface area contributed by atoms with Crippen molar-refractivity contribution in [3.63, 3.8) is 0 Å². The maximum atomic E-state index is 11.7. The van der Waals surface area contributed by atoms with Gasteiger partial charge in [-0.1, -0.05) is 43.2 Å². The number of amides is 1. The van der Waals surface area contributed by atoms with E-state index in [0.717, 1.165) is 32.1 Å². The normalized spacial score (nSPS) is 19.7. The molecule has 0 saturated heterocycles. The van der Waals surface area contributed by atoms with Gasteiger partial charge in [0.05, 0.1) is 5.56 Å². The van der Waals surface area contributed by atoms with E-state index in [1.165, 1.54) is 11.8 Å². The number of aromatic nitrogens is 2. The highest BCUT2D eigenvalue weighted by Crippen LogP contribution is 2.21. The van der Waals surface area contributed by atoms with Gasteiger partial charge in [0, 0.05) is 24.8 Å². The Labute approximate surface area is 153 Å². The number of anilines is 2. The molecule has 1 aromatic heterocycles. The van der Waals surface area contributed by atoms with Crippen molar-refractivity contribution in [3.8, 4) is 0 Å². The van der Waals surface area contributed by atoms with Gasteiger partial charge in [0.25, 0.3) is 5.91 Å². The van der Waals surface area contributed by atoms with Crippen LogP contribution in [0.5, 0.6) is 0 Å². The molecule has 1 aliphatic rings. The van der Waals surface area contributed by atoms with Gasteiger partial charge < -0.3 is 22.1 Å². The first-order chi connectivity index (χ1) is 12.6. The Balaban J connectivity index is 1.68. The van der Waals surface area contributed by atoms with E-state index in [1.54, 1.807) is 0 Å². The van der Waals surface area contributed by atoms with Crippen LogP contribution in [0.4, 0.5) is 11.8 Å². The average Bonchev–Trinajstić information content (AvgIpc) is 2.64. The van der Waals surface area contributed by atoms with Crippen molar-refractivity contribution in [3.05, 3.63) is 47.7 Å². The van der Waals surface area contributed by atoms with Crippen molar-refractivity contribution in [1.29, 1.82) is 0 Å². The standard InChI is InChI=1S/C19H26N6O/c20-15-8-4-5-9-16(15)24-19-23-12-14(17(21)26)18(25-19)22-11-10-13-6-2-1-3-7-13/h1-3,6-7,12,15-16H,4-5,8-11,20H2,(H2,21,26)(H2,22,23,24,25)/t15-,16+/m0/s1. The van der Waals surface area contributed by atoms with Gasteiger partial charge in [-0.25, -0.2) is 4.98 Å². The quantitative estimate of drug-likeness (QED) is 0.603. The molecule has 7 heteroatoms. The summed E-state index contributed by atoms with van der Waals surface area (Å²) in [5.41, 5.74) is 13.1. The topological polar surface area (TPSA) is 119 Å². The number of hydrogen-bond acceptors (Lipinski definition) is 6. The molecule has 0 aliphatic heterocycles. The van der Waals surface area contributed by atoms with Crippen molar-refractivity contribution in [1.82, 2.24) is 9.97 Å². The summed E-state index contributed by atoms with van der Waals surface area (Å²) >= 11 is 0. The zero-order chi connectivity index (χ0) is 18.4. The van der Waals surface area contributed by atoms with Crippen LogP contribution >= 0.6 is 0 Å². The highest BCUT2D eigenvalue weighted by Gasteiger charge is 2.23. The number of nitrogens with zero attached hydrogens (tertiary/aromatic N) is 2. The van der Waals surface area contributed by atoms with E-state index in [1.807, 2.05) is 18.2 Å². The van der Waals surface area contributed by atoms with Gasteiger partial charge in [0.1, 0.15) is 5.82 Å². The molecule has 6 N–H and O–H groups in total. The van der Waals surface area contributed by atoms with Crippen LogP contribution in [0.25, 0.3) is 0 Å². The van der Waals surface area contributed by atoms with Gasteiger partial charge in [-0.05, 0) is 24.8 Å². The van der Waals surface area contributed by atoms with Gasteiger partial charge in [-0.2, -0.15) is 4.98 Å². The summed E-state index contributed by atoms with van der Waals surface area (Å²) in [7, 11) is 0. The van der Waals surface area contributed by atoms with Crippen molar-refractivity contribution < 1.29 is 4.79 Å². The van der Waals surface area contributed by atoms with Crippen LogP contribution in [0.15, 0.2) is 36.5 Å². The van der Waals surface area contributed by atoms with E-state index in [9.17, 15) is 4.79 Å². The molecular formula is C19H26N6O. The molecule has 7 nitrogen and oxygen atoms in total. The summed E-state index contributed by atoms with van der Waals surface area (Å²) in [6.45, 7) is 0.643. The molecule has 2 aromatic rings. The fourth-order valence-electron chi connectivity index (χ4n) is 3.24. The largest absolute Gasteiger partial charge is 0.369 e. The minimum absolute atomic E-state index is 0.0951. The van der Waals surface area contributed by atoms with E-state index in [-0.39, 0.29) is 17.6 Å². The second-order valence-corrected chi connectivity index (χ2v) is 6.68. The molecule has 138 valence electrons. The zero-order valence-electron chi connectivity index (χ0n) is 14.8. The monoisotopic (exact) mass is 354 g/mol. The van der Waals surface area contributed by atoms with Crippen molar-refractivity contribution in [2.45, 2.75) is 44.2 Å². The Morgan fingerprint density at radius 1 is 1.19 bits per heavy atom. The van der Waals surface area contributed by atoms with Crippen LogP contribution in [-0.4, -0.2) is 34.5 Å². The minimum Gasteiger partial charge on any atom is -0.369 e. The smallest absolute Gasteiger partial charge is 0.254 e. The average molecular weight is 354 g/mol. The fraction of sp³-hybridized carbons (Fsp3) is 0.421. The lowest BCUT2D eigenvalue weighted by molar-refractivity contribution is 0.100. The lowest BCUT2D eigenvalue weighted by Crippen LogP contribution is -2.43. The Bertz CT molecular complexity index is 736. The van der Waals surface area contributed by atoms with E-state index < -0.39 is 5.91 Å². The zero-order valence-corrected chi connectivity index (χ0v) is 14.8. The van der Waals surface area contributed by atoms with Crippen LogP contribution in [-0.2, 0) is 6.42 Å². The number of hydrogen-bond donors (Lipinski definition) is 4. The lowest BCUT2D eigenvalue weighted by Gasteiger charge is -2.29. The summed E-state index contributed by atoms with van der Waals surface area (Å²) in [5.74, 6) is 0.378. The first kappa shape index (κ1) is 18.1. The third kappa shape index (κ3) is 4.70. The second-order valence-electron chi connectivity index (χ2n) is 6.68. The molecule has 2 atom stereocenters. The van der Waals surface area contributed by atoms with Gasteiger partial charge in [-0.3, -0.25) is 4.79 Å². The Morgan fingerprint density at radius 2 is 1.96 bits per heavy atom. The molecule has 0 unspecified atom stereocenters. The van der Waals surface area contributed by atoms with Gasteiger partial charge in [0.2, 0.25) is 5.95 Å². The second kappa shape index (κ2) is 8.62. The molecule has 1 amide bonds. The molecule has 1 heterocycles. The van der Waals surface area contributed by atoms with E-state index >= 15 is 0 Å². The summed E-state index contributed by atoms with van der Waals surface area (Å²) in [4.78, 5) is 20.4. The van der Waals surface area contributed by atoms with E-state index in [0.29, 0.717) is 18.3 Å². The lowest BCUT2D eigenvalue weighted by atomic mass is 9.91. The number of nitrogens with one attached hydrogen (secondary N) is 2. The molecule has 3 rings (SSSR count). The first-order valence-corrected chi connectivity index (χ1v) is 9.10. The van der Waals surface area contributed by atoms with Crippen LogP contribution < -0.4 is 22.1 Å². The number of carbonyl (C=O) groups excluding carboxylic acids is 1. The number of rotatable bonds is 7. The molecule has 0 radical (unpaired) electrons. The molecule has 0 spiro atoms. The molecule has 1 aliphatic carbocycles. The summed E-state index contributed by atoms with van der Waals surface area (Å²) in [6.07, 6.45) is 6.59. The summed E-state index contributed by atoms with van der Waals surface area (Å²) < 4.78 is 0. The molecule has 0 bridgehead atoms. The Kier molecular flexibility index (Phi) is 6.01. The molecule has 1 saturated carbocycles. The SMILES string of the molecule is NC(=O)c1cnc(N[C@@H]2CCCC[C@@H]2N)nc1NCCc1ccccc1. The fourth-order valence-corrected chi connectivity index (χ4v) is 3.24. The summed E-state index contributed by atoms with van der Waals surface area (Å²) in [5, 5.41) is 6.51. The van der Waals surface area contributed by atoms with E-state index in [2.05, 4.69) is 32.7 Å². The summed E-state index contributed by atoms with van der Waals surface area (Å²) in [6, 6.07) is 10.4. The molecular weight excluding hydrogens is 328 g/mol. The van der Waals surface area contributed by atoms with Gasteiger partial charge in [0.15, 0.2) is 0 Å². The number of benzene rings is 1. The number of carbonyl (C=O) groups is 1. The Hall–Kier alpha value is -2.67. The van der Waals surface area contributed by atoms with Crippen LogP contribution in [0, 0.1) is 0 Å². The van der Waals surface area contributed by atoms with Crippen LogP contribution in [0.2, 0.25) is 0 Å². The van der Waals surface area contributed by atoms with Gasteiger partial charge >= 0.3 is 0 Å². The van der Waals surface area contributed by atoms with Crippen molar-refractivity contribution >= 4 is 17.7 Å². The highest BCUT2D eigenvalue weighted by molar-refractivity contribution is 5.97. The third-order valence-electron chi connectivity index (χ3n) is 4.74. The van der Waals surface area contributed by atoms with Crippen LogP contribution in [0.1, 0.15) is 41.6 Å². The predicted octanol–water partition coefficient (Wildman–Crippen LogP) is 1.91.